The van der Waals surface area contributed by atoms with Gasteiger partial charge in [0, 0.05) is 0 Å². The number of rotatable bonds is 10. The Morgan fingerprint density at radius 1 is 0.600 bits per heavy atom. The van der Waals surface area contributed by atoms with Crippen LogP contribution in [-0.4, -0.2) is 68.4 Å². The van der Waals surface area contributed by atoms with Crippen molar-refractivity contribution in [3.8, 4) is 0 Å². The topological polar surface area (TPSA) is 158 Å². The Labute approximate surface area is 263 Å². The smallest absolute Gasteiger partial charge is 0.297 e. The summed E-state index contributed by atoms with van der Waals surface area (Å²) in [5.41, 5.74) is 2.41. The fraction of sp³-hybridized carbons (Fsp3) is 0.400. The van der Waals surface area contributed by atoms with Crippen LogP contribution in [0.3, 0.4) is 0 Å². The molecule has 3 aromatic carbocycles. The minimum atomic E-state index is -4.59. The van der Waals surface area contributed by atoms with Gasteiger partial charge in [-0.1, -0.05) is 53.1 Å². The summed E-state index contributed by atoms with van der Waals surface area (Å²) < 4.78 is 115. The van der Waals surface area contributed by atoms with Crippen LogP contribution in [0.1, 0.15) is 30.5 Å². The van der Waals surface area contributed by atoms with Crippen LogP contribution in [0.25, 0.3) is 0 Å². The van der Waals surface area contributed by atoms with E-state index in [9.17, 15) is 25.3 Å². The molecular weight excluding hydrogens is 649 g/mol. The molecule has 5 rings (SSSR count). The van der Waals surface area contributed by atoms with Crippen molar-refractivity contribution >= 4 is 30.4 Å². The zero-order chi connectivity index (χ0) is 32.8. The maximum absolute atomic E-state index is 13.5. The quantitative estimate of drug-likeness (QED) is 0.286. The molecule has 0 N–H and O–H groups in total. The summed E-state index contributed by atoms with van der Waals surface area (Å²) in [4.78, 5) is -0.585. The first-order valence-corrected chi connectivity index (χ1v) is 18.2. The number of fused-ring (bicyclic) bond motifs is 1. The van der Waals surface area contributed by atoms with Gasteiger partial charge in [-0.2, -0.15) is 25.3 Å². The first kappa shape index (κ1) is 33.6. The molecule has 2 aliphatic heterocycles. The highest BCUT2D eigenvalue weighted by atomic mass is 32.2. The largest absolute Gasteiger partial charge is 0.341 e. The molecule has 0 spiro atoms. The molecule has 2 aliphatic rings. The molecule has 244 valence electrons. The Bertz CT molecular complexity index is 1840. The molecule has 45 heavy (non-hydrogen) atoms. The SMILES string of the molecule is Cc1ccc(S(=O)(=O)OCC2OC3OC(C)(C)OC3C(OS(=O)(=O)c3ccc(C)cc3)C2OS(=O)(=O)c2ccc(C)cc2)cc1. The predicted molar refractivity (Wildman–Crippen MR) is 159 cm³/mol. The molecular formula is C30H34O12S3. The third-order valence-corrected chi connectivity index (χ3v) is 11.1. The summed E-state index contributed by atoms with van der Waals surface area (Å²) in [6.45, 7) is 7.66. The minimum absolute atomic E-state index is 0.150. The van der Waals surface area contributed by atoms with Gasteiger partial charge in [-0.3, -0.25) is 12.5 Å². The molecule has 5 atom stereocenters. The zero-order valence-electron chi connectivity index (χ0n) is 25.1. The lowest BCUT2D eigenvalue weighted by molar-refractivity contribution is -0.245. The second kappa shape index (κ2) is 12.5. The van der Waals surface area contributed by atoms with Crippen LogP contribution in [0.15, 0.2) is 87.5 Å². The van der Waals surface area contributed by atoms with Crippen molar-refractivity contribution in [1.29, 1.82) is 0 Å². The van der Waals surface area contributed by atoms with Crippen molar-refractivity contribution in [2.24, 2.45) is 0 Å². The summed E-state index contributed by atoms with van der Waals surface area (Å²) in [6.07, 6.45) is -7.59. The van der Waals surface area contributed by atoms with E-state index < -0.39 is 73.5 Å². The van der Waals surface area contributed by atoms with Crippen molar-refractivity contribution in [1.82, 2.24) is 0 Å². The van der Waals surface area contributed by atoms with Crippen LogP contribution in [0, 0.1) is 20.8 Å². The second-order valence-corrected chi connectivity index (χ2v) is 16.1. The number of hydrogen-bond acceptors (Lipinski definition) is 12. The second-order valence-electron chi connectivity index (χ2n) is 11.4. The molecule has 0 radical (unpaired) electrons. The van der Waals surface area contributed by atoms with E-state index in [2.05, 4.69) is 0 Å². The number of aryl methyl sites for hydroxylation is 3. The summed E-state index contributed by atoms with van der Waals surface area (Å²) in [5, 5.41) is 0. The molecule has 0 aromatic heterocycles. The van der Waals surface area contributed by atoms with Crippen molar-refractivity contribution < 1.29 is 52.0 Å². The van der Waals surface area contributed by atoms with Gasteiger partial charge in [0.05, 0.1) is 21.3 Å². The fourth-order valence-electron chi connectivity index (χ4n) is 4.84. The highest BCUT2D eigenvalue weighted by Crippen LogP contribution is 2.40. The highest BCUT2D eigenvalue weighted by Gasteiger charge is 2.58. The van der Waals surface area contributed by atoms with E-state index in [0.29, 0.717) is 0 Å². The lowest BCUT2D eigenvalue weighted by Gasteiger charge is -2.41. The van der Waals surface area contributed by atoms with E-state index in [4.69, 9.17) is 26.8 Å². The number of hydrogen-bond donors (Lipinski definition) is 0. The van der Waals surface area contributed by atoms with Gasteiger partial charge >= 0.3 is 0 Å². The lowest BCUT2D eigenvalue weighted by atomic mass is 9.99. The van der Waals surface area contributed by atoms with Gasteiger partial charge in [-0.15, -0.1) is 0 Å². The van der Waals surface area contributed by atoms with Crippen molar-refractivity contribution in [2.45, 2.75) is 85.8 Å². The Balaban J connectivity index is 1.54. The molecule has 12 nitrogen and oxygen atoms in total. The van der Waals surface area contributed by atoms with Gasteiger partial charge in [-0.25, -0.2) is 0 Å². The Hall–Kier alpha value is -2.73. The fourth-order valence-corrected chi connectivity index (χ4v) is 7.95. The molecule has 0 aliphatic carbocycles. The average Bonchev–Trinajstić information content (AvgIpc) is 3.27. The van der Waals surface area contributed by atoms with Crippen molar-refractivity contribution in [3.05, 3.63) is 89.5 Å². The first-order chi connectivity index (χ1) is 21.0. The number of ether oxygens (including phenoxy) is 3. The molecule has 3 aromatic rings. The Morgan fingerprint density at radius 3 is 1.44 bits per heavy atom. The van der Waals surface area contributed by atoms with Gasteiger partial charge in [0.1, 0.15) is 24.4 Å². The van der Waals surface area contributed by atoms with Crippen LogP contribution in [0.2, 0.25) is 0 Å². The standard InChI is InChI=1S/C30H34O12S3/c1-19-6-12-22(13-7-19)43(31,32)37-18-25-26(41-44(33,34)23-14-8-20(2)9-15-23)27(28-29(38-25)40-30(4,5)39-28)42-45(35,36)24-16-10-21(3)11-17-24/h6-17,25-29H,18H2,1-5H3. The molecule has 2 heterocycles. The first-order valence-electron chi connectivity index (χ1n) is 13.9. The van der Waals surface area contributed by atoms with Crippen molar-refractivity contribution in [3.63, 3.8) is 0 Å². The molecule has 2 saturated heterocycles. The van der Waals surface area contributed by atoms with E-state index in [1.165, 1.54) is 36.4 Å². The monoisotopic (exact) mass is 682 g/mol. The van der Waals surface area contributed by atoms with Crippen LogP contribution in [0.5, 0.6) is 0 Å². The highest BCUT2D eigenvalue weighted by molar-refractivity contribution is 7.87. The maximum Gasteiger partial charge on any atom is 0.297 e. The summed E-state index contributed by atoms with van der Waals surface area (Å²) in [7, 11) is -13.5. The lowest BCUT2D eigenvalue weighted by Crippen LogP contribution is -2.60. The molecule has 2 fully saturated rings. The van der Waals surface area contributed by atoms with Gasteiger partial charge in [0.2, 0.25) is 0 Å². The van der Waals surface area contributed by atoms with Crippen LogP contribution < -0.4 is 0 Å². The summed E-state index contributed by atoms with van der Waals surface area (Å²) in [5.74, 6) is -1.31. The molecule has 0 saturated carbocycles. The third kappa shape index (κ3) is 7.64. The van der Waals surface area contributed by atoms with Crippen molar-refractivity contribution in [2.75, 3.05) is 6.61 Å². The summed E-state index contributed by atoms with van der Waals surface area (Å²) in [6, 6.07) is 17.5. The third-order valence-electron chi connectivity index (χ3n) is 7.20. The maximum atomic E-state index is 13.5. The van der Waals surface area contributed by atoms with Gasteiger partial charge in [-0.05, 0) is 71.0 Å². The molecule has 0 bridgehead atoms. The normalized spacial score (nSPS) is 25.1. The van der Waals surface area contributed by atoms with Gasteiger partial charge in [0.15, 0.2) is 12.1 Å². The van der Waals surface area contributed by atoms with E-state index in [1.807, 2.05) is 0 Å². The Kier molecular flexibility index (Phi) is 9.32. The van der Waals surface area contributed by atoms with Crippen LogP contribution in [-0.2, 0) is 57.1 Å². The molecule has 5 unspecified atom stereocenters. The predicted octanol–water partition coefficient (Wildman–Crippen LogP) is 3.74. The average molecular weight is 683 g/mol. The van der Waals surface area contributed by atoms with E-state index >= 15 is 0 Å². The minimum Gasteiger partial charge on any atom is -0.341 e. The van der Waals surface area contributed by atoms with Gasteiger partial charge in [0.25, 0.3) is 30.4 Å². The zero-order valence-corrected chi connectivity index (χ0v) is 27.6. The van der Waals surface area contributed by atoms with E-state index in [-0.39, 0.29) is 14.7 Å². The van der Waals surface area contributed by atoms with Crippen LogP contribution >= 0.6 is 0 Å². The Morgan fingerprint density at radius 2 is 1.00 bits per heavy atom. The van der Waals surface area contributed by atoms with E-state index in [0.717, 1.165) is 16.7 Å². The molecule has 15 heteroatoms. The number of benzene rings is 3. The molecule has 0 amide bonds. The summed E-state index contributed by atoms with van der Waals surface area (Å²) >= 11 is 0. The van der Waals surface area contributed by atoms with Crippen LogP contribution in [0.4, 0.5) is 0 Å². The van der Waals surface area contributed by atoms with Gasteiger partial charge < -0.3 is 14.2 Å². The van der Waals surface area contributed by atoms with E-state index in [1.54, 1.807) is 71.0 Å².